The molecule has 2 amide bonds. The summed E-state index contributed by atoms with van der Waals surface area (Å²) >= 11 is 0. The maximum Gasteiger partial charge on any atom is 0.306 e. The van der Waals surface area contributed by atoms with Gasteiger partial charge in [0.25, 0.3) is 5.91 Å². The number of anilines is 1. The van der Waals surface area contributed by atoms with E-state index in [-0.39, 0.29) is 11.6 Å². The zero-order valence-corrected chi connectivity index (χ0v) is 15.6. The first-order valence-corrected chi connectivity index (χ1v) is 8.42. The van der Waals surface area contributed by atoms with E-state index < -0.39 is 34.3 Å². The van der Waals surface area contributed by atoms with Crippen LogP contribution in [-0.2, 0) is 4.79 Å². The number of nitrogens with zero attached hydrogens (tertiary/aromatic N) is 1. The molecule has 0 aliphatic carbocycles. The van der Waals surface area contributed by atoms with Gasteiger partial charge in [-0.1, -0.05) is 13.8 Å². The van der Waals surface area contributed by atoms with Crippen LogP contribution >= 0.6 is 0 Å². The average molecular weight is 389 g/mol. The van der Waals surface area contributed by atoms with Crippen LogP contribution < -0.4 is 15.4 Å². The van der Waals surface area contributed by atoms with Gasteiger partial charge in [-0.05, 0) is 42.3 Å². The third-order valence-electron chi connectivity index (χ3n) is 4.00. The molecule has 9 heteroatoms. The Morgan fingerprint density at radius 3 is 2.32 bits per heavy atom. The van der Waals surface area contributed by atoms with Crippen LogP contribution in [-0.4, -0.2) is 29.9 Å². The first-order valence-electron chi connectivity index (χ1n) is 8.42. The number of benzene rings is 2. The van der Waals surface area contributed by atoms with Crippen molar-refractivity contribution in [3.8, 4) is 5.75 Å². The van der Waals surface area contributed by atoms with Gasteiger partial charge in [0.05, 0.1) is 12.0 Å². The summed E-state index contributed by atoms with van der Waals surface area (Å²) in [6.07, 6.45) is 0. The van der Waals surface area contributed by atoms with Crippen molar-refractivity contribution >= 4 is 23.2 Å². The van der Waals surface area contributed by atoms with Gasteiger partial charge in [-0.2, -0.15) is 4.39 Å². The van der Waals surface area contributed by atoms with Gasteiger partial charge >= 0.3 is 5.69 Å². The van der Waals surface area contributed by atoms with Crippen molar-refractivity contribution in [3.63, 3.8) is 0 Å². The summed E-state index contributed by atoms with van der Waals surface area (Å²) in [5.74, 6) is -1.71. The number of carbonyl (C=O) groups is 2. The highest BCUT2D eigenvalue weighted by Gasteiger charge is 2.25. The number of nitro benzene ring substituents is 1. The molecule has 28 heavy (non-hydrogen) atoms. The van der Waals surface area contributed by atoms with Crippen molar-refractivity contribution in [2.24, 2.45) is 5.92 Å². The van der Waals surface area contributed by atoms with Crippen LogP contribution in [0.3, 0.4) is 0 Å². The normalized spacial score (nSPS) is 11.6. The van der Waals surface area contributed by atoms with Crippen LogP contribution in [0.4, 0.5) is 15.8 Å². The van der Waals surface area contributed by atoms with E-state index in [1.54, 1.807) is 38.1 Å². The number of rotatable bonds is 7. The molecule has 0 saturated carbocycles. The fourth-order valence-electron chi connectivity index (χ4n) is 2.45. The highest BCUT2D eigenvalue weighted by Crippen LogP contribution is 2.22. The number of hydrogen-bond donors (Lipinski definition) is 2. The van der Waals surface area contributed by atoms with Crippen molar-refractivity contribution in [1.82, 2.24) is 5.32 Å². The van der Waals surface area contributed by atoms with Crippen molar-refractivity contribution in [3.05, 3.63) is 64.0 Å². The molecule has 1 unspecified atom stereocenters. The van der Waals surface area contributed by atoms with Crippen molar-refractivity contribution in [2.75, 3.05) is 12.4 Å². The van der Waals surface area contributed by atoms with Gasteiger partial charge in [-0.25, -0.2) is 0 Å². The van der Waals surface area contributed by atoms with Crippen molar-refractivity contribution < 1.29 is 23.6 Å². The summed E-state index contributed by atoms with van der Waals surface area (Å²) in [4.78, 5) is 35.0. The second kappa shape index (κ2) is 8.94. The molecule has 148 valence electrons. The fraction of sp³-hybridized carbons (Fsp3) is 0.263. The van der Waals surface area contributed by atoms with E-state index in [1.165, 1.54) is 13.2 Å². The molecule has 0 heterocycles. The molecule has 0 aliphatic heterocycles. The second-order valence-electron chi connectivity index (χ2n) is 6.34. The largest absolute Gasteiger partial charge is 0.497 e. The van der Waals surface area contributed by atoms with E-state index in [4.69, 9.17) is 4.74 Å². The number of amides is 2. The first-order chi connectivity index (χ1) is 13.2. The quantitative estimate of drug-likeness (QED) is 0.558. The average Bonchev–Trinajstić information content (AvgIpc) is 2.66. The topological polar surface area (TPSA) is 111 Å². The molecule has 2 aromatic rings. The van der Waals surface area contributed by atoms with Crippen LogP contribution in [0.2, 0.25) is 0 Å². The lowest BCUT2D eigenvalue weighted by Crippen LogP contribution is -2.47. The zero-order chi connectivity index (χ0) is 20.8. The molecule has 8 nitrogen and oxygen atoms in total. The van der Waals surface area contributed by atoms with E-state index in [9.17, 15) is 24.1 Å². The van der Waals surface area contributed by atoms with Gasteiger partial charge in [0, 0.05) is 17.3 Å². The smallest absolute Gasteiger partial charge is 0.306 e. The summed E-state index contributed by atoms with van der Waals surface area (Å²) < 4.78 is 18.5. The molecule has 1 atom stereocenters. The lowest BCUT2D eigenvalue weighted by Gasteiger charge is -2.22. The van der Waals surface area contributed by atoms with E-state index in [2.05, 4.69) is 10.6 Å². The standard InChI is InChI=1S/C19H20FN3O5/c1-11(2)17(22-18(24)12-4-7-14(28-3)8-5-12)19(25)21-13-6-9-15(20)16(10-13)23(26)27/h4-11,17H,1-3H3,(H,21,25)(H,22,24). The minimum Gasteiger partial charge on any atom is -0.497 e. The van der Waals surface area contributed by atoms with E-state index in [0.717, 1.165) is 12.1 Å². The minimum absolute atomic E-state index is 0.0578. The molecular weight excluding hydrogens is 369 g/mol. The number of halogens is 1. The SMILES string of the molecule is COc1ccc(C(=O)NC(C(=O)Nc2ccc(F)c([N+](=O)[O-])c2)C(C)C)cc1. The molecule has 2 aromatic carbocycles. The number of ether oxygens (including phenoxy) is 1. The molecule has 0 aliphatic rings. The molecule has 2 N–H and O–H groups in total. The Balaban J connectivity index is 2.14. The molecule has 0 bridgehead atoms. The Morgan fingerprint density at radius 2 is 1.79 bits per heavy atom. The molecule has 0 spiro atoms. The number of nitro groups is 1. The van der Waals surface area contributed by atoms with Gasteiger partial charge in [0.2, 0.25) is 11.7 Å². The number of carbonyl (C=O) groups excluding carboxylic acids is 2. The predicted molar refractivity (Wildman–Crippen MR) is 101 cm³/mol. The molecule has 0 saturated heterocycles. The number of methoxy groups -OCH3 is 1. The van der Waals surface area contributed by atoms with Gasteiger partial charge in [0.15, 0.2) is 0 Å². The Hall–Kier alpha value is -3.49. The second-order valence-corrected chi connectivity index (χ2v) is 6.34. The molecular formula is C19H20FN3O5. The number of hydrogen-bond acceptors (Lipinski definition) is 5. The minimum atomic E-state index is -1.00. The van der Waals surface area contributed by atoms with Crippen LogP contribution in [0, 0.1) is 21.8 Å². The summed E-state index contributed by atoms with van der Waals surface area (Å²) in [5, 5.41) is 16.0. The van der Waals surface area contributed by atoms with Gasteiger partial charge in [-0.3, -0.25) is 19.7 Å². The lowest BCUT2D eigenvalue weighted by molar-refractivity contribution is -0.387. The van der Waals surface area contributed by atoms with Crippen LogP contribution in [0.5, 0.6) is 5.75 Å². The summed E-state index contributed by atoms with van der Waals surface area (Å²) in [5.41, 5.74) is -0.347. The molecule has 2 rings (SSSR count). The van der Waals surface area contributed by atoms with Crippen LogP contribution in [0.25, 0.3) is 0 Å². The first kappa shape index (κ1) is 20.8. The van der Waals surface area contributed by atoms with Crippen molar-refractivity contribution in [2.45, 2.75) is 19.9 Å². The fourth-order valence-corrected chi connectivity index (χ4v) is 2.45. The Bertz CT molecular complexity index is 884. The summed E-state index contributed by atoms with van der Waals surface area (Å²) in [6.45, 7) is 3.48. The molecule has 0 radical (unpaired) electrons. The highest BCUT2D eigenvalue weighted by molar-refractivity contribution is 6.01. The van der Waals surface area contributed by atoms with Gasteiger partial charge in [-0.15, -0.1) is 0 Å². The molecule has 0 aromatic heterocycles. The highest BCUT2D eigenvalue weighted by atomic mass is 19.1. The zero-order valence-electron chi connectivity index (χ0n) is 15.6. The summed E-state index contributed by atoms with van der Waals surface area (Å²) in [7, 11) is 1.51. The molecule has 0 fully saturated rings. The maximum atomic E-state index is 13.4. The van der Waals surface area contributed by atoms with Crippen molar-refractivity contribution in [1.29, 1.82) is 0 Å². The van der Waals surface area contributed by atoms with Gasteiger partial charge < -0.3 is 15.4 Å². The van der Waals surface area contributed by atoms with Crippen LogP contribution in [0.15, 0.2) is 42.5 Å². The Morgan fingerprint density at radius 1 is 1.14 bits per heavy atom. The number of nitrogens with one attached hydrogen (secondary N) is 2. The lowest BCUT2D eigenvalue weighted by atomic mass is 10.0. The predicted octanol–water partition coefficient (Wildman–Crippen LogP) is 3.14. The van der Waals surface area contributed by atoms with E-state index in [0.29, 0.717) is 11.3 Å². The summed E-state index contributed by atoms with van der Waals surface area (Å²) in [6, 6.07) is 8.50. The monoisotopic (exact) mass is 389 g/mol. The maximum absolute atomic E-state index is 13.4. The van der Waals surface area contributed by atoms with E-state index in [1.807, 2.05) is 0 Å². The van der Waals surface area contributed by atoms with Gasteiger partial charge in [0.1, 0.15) is 11.8 Å². The van der Waals surface area contributed by atoms with E-state index >= 15 is 0 Å². The Kier molecular flexibility index (Phi) is 6.64. The third-order valence-corrected chi connectivity index (χ3v) is 4.00. The third kappa shape index (κ3) is 5.03. The Labute approximate surface area is 160 Å². The van der Waals surface area contributed by atoms with Crippen LogP contribution in [0.1, 0.15) is 24.2 Å².